The molecular formula is C10H13N3O6S2. The average molecular weight is 335 g/mol. The van der Waals surface area contributed by atoms with E-state index in [1.807, 2.05) is 0 Å². The van der Waals surface area contributed by atoms with Crippen molar-refractivity contribution in [3.63, 3.8) is 0 Å². The fourth-order valence-electron chi connectivity index (χ4n) is 1.42. The maximum atomic E-state index is 12.3. The highest BCUT2D eigenvalue weighted by Crippen LogP contribution is 2.20. The van der Waals surface area contributed by atoms with Gasteiger partial charge in [0, 0.05) is 6.26 Å². The molecule has 0 aromatic heterocycles. The largest absolute Gasteiger partial charge is 0.368 e. The van der Waals surface area contributed by atoms with Gasteiger partial charge in [-0.25, -0.2) is 21.6 Å². The number of carbonyl (C=O) groups is 1. The molecular weight excluding hydrogens is 322 g/mol. The van der Waals surface area contributed by atoms with Gasteiger partial charge in [-0.3, -0.25) is 5.41 Å². The zero-order valence-corrected chi connectivity index (χ0v) is 12.4. The van der Waals surface area contributed by atoms with Crippen molar-refractivity contribution in [1.82, 2.24) is 5.48 Å². The third-order valence-electron chi connectivity index (χ3n) is 2.20. The Kier molecular flexibility index (Phi) is 4.91. The maximum Gasteiger partial charge on any atom is 0.365 e. The van der Waals surface area contributed by atoms with E-state index in [4.69, 9.17) is 11.1 Å². The van der Waals surface area contributed by atoms with Crippen molar-refractivity contribution in [3.05, 3.63) is 30.3 Å². The Morgan fingerprint density at radius 3 is 2.19 bits per heavy atom. The molecule has 4 N–H and O–H groups in total. The molecule has 0 aliphatic heterocycles. The minimum absolute atomic E-state index is 0.347. The fraction of sp³-hybridized carbons (Fsp3) is 0.200. The third kappa shape index (κ3) is 4.16. The summed E-state index contributed by atoms with van der Waals surface area (Å²) in [5, 5.41) is 6.80. The number of hydrogen-bond donors (Lipinski definition) is 3. The molecule has 0 aliphatic carbocycles. The van der Waals surface area contributed by atoms with Gasteiger partial charge in [-0.1, -0.05) is 18.2 Å². The first kappa shape index (κ1) is 16.9. The molecule has 0 amide bonds. The molecule has 1 rings (SSSR count). The minimum atomic E-state index is -4.52. The SMILES string of the molecule is CS(=O)(=O)C(C(=O)ONC(=N)N)S(=O)(=O)c1ccccc1. The second-order valence-corrected chi connectivity index (χ2v) is 8.42. The molecule has 1 atom stereocenters. The number of guanidine groups is 1. The van der Waals surface area contributed by atoms with E-state index in [0.717, 1.165) is 12.1 Å². The van der Waals surface area contributed by atoms with Gasteiger partial charge in [0.2, 0.25) is 15.8 Å². The summed E-state index contributed by atoms with van der Waals surface area (Å²) < 4.78 is 45.4. The van der Waals surface area contributed by atoms with Gasteiger partial charge < -0.3 is 10.6 Å². The second kappa shape index (κ2) is 6.10. The first-order valence-electron chi connectivity index (χ1n) is 5.35. The summed E-state index contributed by atoms with van der Waals surface area (Å²) in [7, 11) is -8.85. The molecule has 0 aliphatic rings. The summed E-state index contributed by atoms with van der Waals surface area (Å²) in [5.41, 5.74) is 6.47. The molecule has 0 heterocycles. The molecule has 1 aromatic rings. The molecule has 0 saturated carbocycles. The quantitative estimate of drug-likeness (QED) is 0.351. The van der Waals surface area contributed by atoms with Gasteiger partial charge in [-0.05, 0) is 12.1 Å². The first-order chi connectivity index (χ1) is 9.56. The van der Waals surface area contributed by atoms with Gasteiger partial charge in [-0.2, -0.15) is 5.48 Å². The van der Waals surface area contributed by atoms with E-state index in [9.17, 15) is 21.6 Å². The van der Waals surface area contributed by atoms with Crippen molar-refractivity contribution in [2.45, 2.75) is 9.48 Å². The molecule has 116 valence electrons. The van der Waals surface area contributed by atoms with E-state index in [0.29, 0.717) is 6.26 Å². The average Bonchev–Trinajstić information content (AvgIpc) is 2.35. The van der Waals surface area contributed by atoms with Crippen LogP contribution in [0.25, 0.3) is 0 Å². The topological polar surface area (TPSA) is 156 Å². The van der Waals surface area contributed by atoms with Crippen LogP contribution in [-0.2, 0) is 29.3 Å². The molecule has 1 unspecified atom stereocenters. The van der Waals surface area contributed by atoms with Crippen molar-refractivity contribution in [3.8, 4) is 0 Å². The molecule has 0 spiro atoms. The van der Waals surface area contributed by atoms with Gasteiger partial charge in [0.1, 0.15) is 0 Å². The summed E-state index contributed by atoms with van der Waals surface area (Å²) in [6.07, 6.45) is 0.590. The predicted octanol–water partition coefficient (Wildman–Crippen LogP) is -1.23. The van der Waals surface area contributed by atoms with Crippen LogP contribution in [0.2, 0.25) is 0 Å². The second-order valence-electron chi connectivity index (χ2n) is 3.96. The normalized spacial score (nSPS) is 13.2. The first-order valence-corrected chi connectivity index (χ1v) is 8.85. The lowest BCUT2D eigenvalue weighted by Crippen LogP contribution is -2.43. The van der Waals surface area contributed by atoms with Crippen LogP contribution in [0, 0.1) is 5.41 Å². The van der Waals surface area contributed by atoms with E-state index < -0.39 is 36.2 Å². The molecule has 0 radical (unpaired) electrons. The fourth-order valence-corrected chi connectivity index (χ4v) is 5.08. The molecule has 1 aromatic carbocycles. The number of hydrogen-bond acceptors (Lipinski definition) is 7. The third-order valence-corrected chi connectivity index (χ3v) is 6.66. The lowest BCUT2D eigenvalue weighted by Gasteiger charge is -2.14. The van der Waals surface area contributed by atoms with Gasteiger partial charge in [0.25, 0.3) is 4.58 Å². The Labute approximate surface area is 121 Å². The van der Waals surface area contributed by atoms with Crippen molar-refractivity contribution in [1.29, 1.82) is 5.41 Å². The Balaban J connectivity index is 3.28. The van der Waals surface area contributed by atoms with Crippen molar-refractivity contribution < 1.29 is 26.5 Å². The van der Waals surface area contributed by atoms with Crippen LogP contribution in [0.3, 0.4) is 0 Å². The van der Waals surface area contributed by atoms with E-state index >= 15 is 0 Å². The number of carbonyl (C=O) groups excluding carboxylic acids is 1. The van der Waals surface area contributed by atoms with Crippen LogP contribution >= 0.6 is 0 Å². The van der Waals surface area contributed by atoms with E-state index in [-0.39, 0.29) is 4.90 Å². The lowest BCUT2D eigenvalue weighted by atomic mass is 10.4. The Bertz CT molecular complexity index is 742. The van der Waals surface area contributed by atoms with Crippen LogP contribution in [0.15, 0.2) is 35.2 Å². The van der Waals surface area contributed by atoms with Crippen molar-refractivity contribution in [2.75, 3.05) is 6.26 Å². The zero-order valence-electron chi connectivity index (χ0n) is 10.8. The molecule has 11 heteroatoms. The van der Waals surface area contributed by atoms with Gasteiger partial charge in [-0.15, -0.1) is 0 Å². The standard InChI is InChI=1S/C10H13N3O6S2/c1-20(15,16)9(8(14)19-13-10(11)12)21(17,18)7-5-3-2-4-6-7/h2-6,9H,1H3,(H4,11,12,13). The van der Waals surface area contributed by atoms with Crippen LogP contribution in [0.1, 0.15) is 0 Å². The number of sulfone groups is 2. The monoisotopic (exact) mass is 335 g/mol. The summed E-state index contributed by atoms with van der Waals surface area (Å²) in [6.45, 7) is 0. The van der Waals surface area contributed by atoms with Gasteiger partial charge in [0.05, 0.1) is 4.90 Å². The molecule has 9 nitrogen and oxygen atoms in total. The Morgan fingerprint density at radius 1 is 1.24 bits per heavy atom. The van der Waals surface area contributed by atoms with Gasteiger partial charge in [0.15, 0.2) is 9.84 Å². The number of rotatable bonds is 4. The summed E-state index contributed by atoms with van der Waals surface area (Å²) in [4.78, 5) is 15.6. The molecule has 0 fully saturated rings. The summed E-state index contributed by atoms with van der Waals surface area (Å²) >= 11 is 0. The number of nitrogens with one attached hydrogen (secondary N) is 2. The minimum Gasteiger partial charge on any atom is -0.368 e. The highest BCUT2D eigenvalue weighted by Gasteiger charge is 2.44. The van der Waals surface area contributed by atoms with Crippen molar-refractivity contribution >= 4 is 31.6 Å². The van der Waals surface area contributed by atoms with Gasteiger partial charge >= 0.3 is 5.97 Å². The lowest BCUT2D eigenvalue weighted by molar-refractivity contribution is -0.145. The van der Waals surface area contributed by atoms with Crippen LogP contribution in [-0.4, -0.2) is 39.6 Å². The molecule has 0 bridgehead atoms. The van der Waals surface area contributed by atoms with Crippen LogP contribution in [0.5, 0.6) is 0 Å². The number of benzene rings is 1. The Morgan fingerprint density at radius 2 is 1.76 bits per heavy atom. The van der Waals surface area contributed by atoms with E-state index in [2.05, 4.69) is 4.84 Å². The van der Waals surface area contributed by atoms with E-state index in [1.54, 1.807) is 5.48 Å². The molecule has 21 heavy (non-hydrogen) atoms. The van der Waals surface area contributed by atoms with Crippen LogP contribution in [0.4, 0.5) is 0 Å². The van der Waals surface area contributed by atoms with Crippen LogP contribution < -0.4 is 11.2 Å². The summed E-state index contributed by atoms with van der Waals surface area (Å²) in [5.74, 6) is -2.38. The summed E-state index contributed by atoms with van der Waals surface area (Å²) in [6, 6.07) is 6.60. The smallest absolute Gasteiger partial charge is 0.365 e. The highest BCUT2D eigenvalue weighted by atomic mass is 32.3. The Hall–Kier alpha value is -2.14. The van der Waals surface area contributed by atoms with E-state index in [1.165, 1.54) is 18.2 Å². The van der Waals surface area contributed by atoms with Crippen molar-refractivity contribution in [2.24, 2.45) is 5.73 Å². The highest BCUT2D eigenvalue weighted by molar-refractivity contribution is 8.09. The molecule has 0 saturated heterocycles. The maximum absolute atomic E-state index is 12.3. The number of nitrogens with two attached hydrogens (primary N) is 1. The predicted molar refractivity (Wildman–Crippen MR) is 73.4 cm³/mol. The number of hydroxylamine groups is 1. The zero-order chi connectivity index (χ0) is 16.3.